The zero-order valence-corrected chi connectivity index (χ0v) is 51.3. The molecule has 0 aromatic carbocycles. The lowest BCUT2D eigenvalue weighted by Crippen LogP contribution is -2.60. The minimum absolute atomic E-state index is 0.220. The van der Waals surface area contributed by atoms with Crippen molar-refractivity contribution in [2.75, 3.05) is 13.2 Å². The van der Waals surface area contributed by atoms with Gasteiger partial charge in [-0.25, -0.2) is 0 Å². The number of aliphatic hydroxyl groups is 5. The van der Waals surface area contributed by atoms with Gasteiger partial charge in [-0.3, -0.25) is 4.79 Å². The summed E-state index contributed by atoms with van der Waals surface area (Å²) >= 11 is 0. The Bertz CT molecular complexity index is 1630. The second-order valence-electron chi connectivity index (χ2n) is 22.5. The van der Waals surface area contributed by atoms with E-state index < -0.39 is 49.5 Å². The molecule has 1 amide bonds. The maximum absolute atomic E-state index is 13.1. The first-order chi connectivity index (χ1) is 39.3. The number of carbonyl (C=O) groups is 1. The fourth-order valence-corrected chi connectivity index (χ4v) is 9.92. The van der Waals surface area contributed by atoms with Crippen LogP contribution in [0.5, 0.6) is 0 Å². The SMILES string of the molecule is CC/C=C\C/C=C\C/C=C\C/C=C\C/C=C\C/C=C\C/C=C\CCCCCC(=O)NC(COC1OC(CO)C(O)C(O)C1O)C(O)/C=C/CC/C=C/CCCCCCCCCCCCCCCCCCCCCCCCCCCC. The molecule has 1 fully saturated rings. The van der Waals surface area contributed by atoms with Gasteiger partial charge < -0.3 is 40.3 Å². The Labute approximate surface area is 491 Å². The Hall–Kier alpha value is -3.15. The molecule has 1 heterocycles. The molecule has 460 valence electrons. The third-order valence-corrected chi connectivity index (χ3v) is 15.1. The van der Waals surface area contributed by atoms with Crippen LogP contribution in [-0.2, 0) is 14.3 Å². The van der Waals surface area contributed by atoms with E-state index in [4.69, 9.17) is 9.47 Å². The minimum Gasteiger partial charge on any atom is -0.394 e. The van der Waals surface area contributed by atoms with Crippen LogP contribution in [0, 0.1) is 0 Å². The summed E-state index contributed by atoms with van der Waals surface area (Å²) in [6, 6.07) is -0.850. The maximum atomic E-state index is 13.1. The maximum Gasteiger partial charge on any atom is 0.220 e. The fraction of sp³-hybridized carbons (Fsp3) is 0.732. The Morgan fingerprint density at radius 1 is 0.438 bits per heavy atom. The first-order valence-corrected chi connectivity index (χ1v) is 33.1. The molecule has 80 heavy (non-hydrogen) atoms. The van der Waals surface area contributed by atoms with Gasteiger partial charge in [0.2, 0.25) is 5.91 Å². The zero-order valence-electron chi connectivity index (χ0n) is 51.3. The molecule has 0 aliphatic carbocycles. The van der Waals surface area contributed by atoms with E-state index >= 15 is 0 Å². The van der Waals surface area contributed by atoms with Crippen molar-refractivity contribution in [1.82, 2.24) is 5.32 Å². The van der Waals surface area contributed by atoms with Crippen LogP contribution in [0.1, 0.15) is 277 Å². The van der Waals surface area contributed by atoms with Gasteiger partial charge in [-0.15, -0.1) is 0 Å². The monoisotopic (exact) mass is 1120 g/mol. The summed E-state index contributed by atoms with van der Waals surface area (Å²) in [5.41, 5.74) is 0. The summed E-state index contributed by atoms with van der Waals surface area (Å²) < 4.78 is 11.3. The van der Waals surface area contributed by atoms with E-state index in [1.807, 2.05) is 6.08 Å². The molecule has 7 atom stereocenters. The van der Waals surface area contributed by atoms with Crippen molar-refractivity contribution in [3.63, 3.8) is 0 Å². The first kappa shape index (κ1) is 74.9. The van der Waals surface area contributed by atoms with Crippen molar-refractivity contribution < 1.29 is 39.8 Å². The van der Waals surface area contributed by atoms with E-state index in [0.29, 0.717) is 12.8 Å². The molecule has 0 aromatic heterocycles. The van der Waals surface area contributed by atoms with Gasteiger partial charge >= 0.3 is 0 Å². The van der Waals surface area contributed by atoms with E-state index in [-0.39, 0.29) is 12.5 Å². The van der Waals surface area contributed by atoms with Gasteiger partial charge in [0.1, 0.15) is 24.4 Å². The number of nitrogens with one attached hydrogen (secondary N) is 1. The van der Waals surface area contributed by atoms with E-state index in [1.54, 1.807) is 6.08 Å². The van der Waals surface area contributed by atoms with Gasteiger partial charge in [0.15, 0.2) is 6.29 Å². The quantitative estimate of drug-likeness (QED) is 0.0261. The Kier molecular flexibility index (Phi) is 55.2. The number of allylic oxidation sites excluding steroid dienone is 17. The highest BCUT2D eigenvalue weighted by Crippen LogP contribution is 2.23. The molecule has 9 nitrogen and oxygen atoms in total. The van der Waals surface area contributed by atoms with Crippen molar-refractivity contribution in [1.29, 1.82) is 0 Å². The lowest BCUT2D eigenvalue weighted by molar-refractivity contribution is -0.302. The molecule has 6 N–H and O–H groups in total. The molecule has 0 radical (unpaired) electrons. The van der Waals surface area contributed by atoms with Crippen LogP contribution < -0.4 is 5.32 Å². The Morgan fingerprint density at radius 3 is 1.20 bits per heavy atom. The smallest absolute Gasteiger partial charge is 0.220 e. The largest absolute Gasteiger partial charge is 0.394 e. The summed E-state index contributed by atoms with van der Waals surface area (Å²) in [7, 11) is 0. The Morgan fingerprint density at radius 2 is 0.787 bits per heavy atom. The van der Waals surface area contributed by atoms with Gasteiger partial charge in [0.25, 0.3) is 0 Å². The molecule has 0 spiro atoms. The highest BCUT2D eigenvalue weighted by molar-refractivity contribution is 5.76. The van der Waals surface area contributed by atoms with Gasteiger partial charge in [-0.05, 0) is 89.9 Å². The summed E-state index contributed by atoms with van der Waals surface area (Å²) in [5, 5.41) is 54.6. The van der Waals surface area contributed by atoms with E-state index in [0.717, 1.165) is 83.5 Å². The molecule has 0 bridgehead atoms. The molecule has 0 saturated carbocycles. The molecular weight excluding hydrogens is 995 g/mol. The number of hydrogen-bond acceptors (Lipinski definition) is 8. The van der Waals surface area contributed by atoms with Crippen LogP contribution in [-0.4, -0.2) is 87.5 Å². The van der Waals surface area contributed by atoms with Gasteiger partial charge in [-0.1, -0.05) is 290 Å². The van der Waals surface area contributed by atoms with Gasteiger partial charge in [0.05, 0.1) is 25.4 Å². The predicted octanol–water partition coefficient (Wildman–Crippen LogP) is 17.7. The highest BCUT2D eigenvalue weighted by Gasteiger charge is 2.44. The highest BCUT2D eigenvalue weighted by atomic mass is 16.7. The number of ether oxygens (including phenoxy) is 2. The molecule has 1 aliphatic heterocycles. The summed E-state index contributed by atoms with van der Waals surface area (Å²) in [5.74, 6) is -0.220. The topological polar surface area (TPSA) is 149 Å². The first-order valence-electron chi connectivity index (χ1n) is 33.1. The average molecular weight is 1120 g/mol. The molecule has 1 rings (SSSR count). The van der Waals surface area contributed by atoms with Crippen molar-refractivity contribution in [2.24, 2.45) is 0 Å². The van der Waals surface area contributed by atoms with Crippen LogP contribution in [0.4, 0.5) is 0 Å². The van der Waals surface area contributed by atoms with E-state index in [1.165, 1.54) is 167 Å². The Balaban J connectivity index is 2.22. The van der Waals surface area contributed by atoms with Crippen molar-refractivity contribution in [3.05, 3.63) is 109 Å². The van der Waals surface area contributed by atoms with Gasteiger partial charge in [0, 0.05) is 6.42 Å². The van der Waals surface area contributed by atoms with E-state index in [9.17, 15) is 30.3 Å². The lowest BCUT2D eigenvalue weighted by Gasteiger charge is -2.40. The molecule has 7 unspecified atom stereocenters. The summed E-state index contributed by atoms with van der Waals surface area (Å²) in [4.78, 5) is 13.1. The summed E-state index contributed by atoms with van der Waals surface area (Å²) in [6.45, 7) is 3.65. The standard InChI is InChI=1S/C71H123NO8/c1-3-5-7-9-11-13-15-17-19-21-23-25-27-29-30-31-32-33-34-35-37-38-40-42-44-46-48-50-52-54-56-58-60-65(74)64(63-79-71-70(78)69(77)68(76)66(62-73)80-71)72-67(75)61-59-57-55-53-51-49-47-45-43-41-39-36-28-26-24-22-20-18-16-14-12-10-8-6-4-2/h6,8,12,14,18,20,24,26,36,39,43,45,49-52,58,60,64-66,68-71,73-74,76-78H,3-5,7,9-11,13,15-17,19,21-23,25,27-35,37-38,40-42,44,46-48,53-57,59,61-63H2,1-2H3,(H,72,75)/b8-6-,14-12-,20-18-,26-24-,39-36-,45-43-,51-49-,52-50+,60-58+. The minimum atomic E-state index is -1.59. The predicted molar refractivity (Wildman–Crippen MR) is 341 cm³/mol. The molecular formula is C71H123NO8. The third-order valence-electron chi connectivity index (χ3n) is 15.1. The van der Waals surface area contributed by atoms with Crippen LogP contribution in [0.15, 0.2) is 109 Å². The van der Waals surface area contributed by atoms with Crippen molar-refractivity contribution in [2.45, 2.75) is 320 Å². The molecule has 1 aliphatic rings. The van der Waals surface area contributed by atoms with Crippen LogP contribution in [0.3, 0.4) is 0 Å². The lowest BCUT2D eigenvalue weighted by atomic mass is 9.99. The molecule has 9 heteroatoms. The van der Waals surface area contributed by atoms with Gasteiger partial charge in [-0.2, -0.15) is 0 Å². The zero-order chi connectivity index (χ0) is 57.9. The summed E-state index contributed by atoms with van der Waals surface area (Å²) in [6.07, 6.45) is 80.4. The van der Waals surface area contributed by atoms with Crippen LogP contribution >= 0.6 is 0 Å². The van der Waals surface area contributed by atoms with Crippen LogP contribution in [0.25, 0.3) is 0 Å². The van der Waals surface area contributed by atoms with Crippen LogP contribution in [0.2, 0.25) is 0 Å². The molecule has 0 aromatic rings. The van der Waals surface area contributed by atoms with E-state index in [2.05, 4.69) is 116 Å². The number of amides is 1. The molecule has 1 saturated heterocycles. The number of rotatable bonds is 56. The fourth-order valence-electron chi connectivity index (χ4n) is 9.92. The normalized spacial score (nSPS) is 19.2. The number of aliphatic hydroxyl groups excluding tert-OH is 5. The number of hydrogen-bond donors (Lipinski definition) is 6. The third kappa shape index (κ3) is 47.4. The van der Waals surface area contributed by atoms with Crippen molar-refractivity contribution >= 4 is 5.91 Å². The second-order valence-corrected chi connectivity index (χ2v) is 22.5. The second kappa shape index (κ2) is 59.0. The number of unbranched alkanes of at least 4 members (excludes halogenated alkanes) is 30. The number of carbonyl (C=O) groups excluding carboxylic acids is 1. The average Bonchev–Trinajstić information content (AvgIpc) is 3.46. The van der Waals surface area contributed by atoms with Crippen molar-refractivity contribution in [3.8, 4) is 0 Å².